The number of sulfonamides is 1. The average molecular weight is 582 g/mol. The summed E-state index contributed by atoms with van der Waals surface area (Å²) < 4.78 is 37.9. The van der Waals surface area contributed by atoms with E-state index >= 15 is 0 Å². The highest BCUT2D eigenvalue weighted by Crippen LogP contribution is 2.43. The van der Waals surface area contributed by atoms with Crippen molar-refractivity contribution >= 4 is 21.7 Å². The number of carbonyl (C=O) groups is 1. The topological polar surface area (TPSA) is 124 Å². The molecular weight excluding hydrogens is 542 g/mol. The predicted molar refractivity (Wildman–Crippen MR) is 154 cm³/mol. The highest BCUT2D eigenvalue weighted by Gasteiger charge is 2.40. The number of pyridine rings is 1. The van der Waals surface area contributed by atoms with Crippen LogP contribution in [-0.4, -0.2) is 57.1 Å². The van der Waals surface area contributed by atoms with Gasteiger partial charge in [0.25, 0.3) is 15.9 Å². The molecule has 3 saturated carbocycles. The van der Waals surface area contributed by atoms with Gasteiger partial charge in [0, 0.05) is 37.6 Å². The Morgan fingerprint density at radius 3 is 2.49 bits per heavy atom. The van der Waals surface area contributed by atoms with Gasteiger partial charge in [0.05, 0.1) is 11.3 Å². The van der Waals surface area contributed by atoms with Crippen LogP contribution in [0, 0.1) is 24.7 Å². The second kappa shape index (κ2) is 10.1. The molecule has 0 unspecified atom stereocenters. The van der Waals surface area contributed by atoms with Crippen molar-refractivity contribution < 1.29 is 17.9 Å². The number of carbonyl (C=O) groups excluding carboxylic acids is 1. The monoisotopic (exact) mass is 581 g/mol. The molecule has 0 aromatic carbocycles. The summed E-state index contributed by atoms with van der Waals surface area (Å²) in [6, 6.07) is 5.17. The van der Waals surface area contributed by atoms with Gasteiger partial charge in [-0.05, 0) is 89.2 Å². The van der Waals surface area contributed by atoms with Crippen LogP contribution in [0.15, 0.2) is 35.5 Å². The third-order valence-electron chi connectivity index (χ3n) is 8.97. The van der Waals surface area contributed by atoms with E-state index in [2.05, 4.69) is 40.6 Å². The Morgan fingerprint density at radius 2 is 1.88 bits per heavy atom. The second-order valence-electron chi connectivity index (χ2n) is 12.7. The Labute approximate surface area is 241 Å². The zero-order valence-corrected chi connectivity index (χ0v) is 25.2. The normalized spacial score (nSPS) is 25.4. The van der Waals surface area contributed by atoms with E-state index in [0.717, 1.165) is 18.8 Å². The molecule has 220 valence electrons. The van der Waals surface area contributed by atoms with Crippen LogP contribution in [0.2, 0.25) is 0 Å². The summed E-state index contributed by atoms with van der Waals surface area (Å²) in [6.45, 7) is 8.67. The van der Waals surface area contributed by atoms with Gasteiger partial charge in [0.2, 0.25) is 5.88 Å². The molecule has 2 atom stereocenters. The minimum atomic E-state index is -4.14. The Kier molecular flexibility index (Phi) is 6.87. The van der Waals surface area contributed by atoms with Crippen molar-refractivity contribution in [1.82, 2.24) is 29.3 Å². The summed E-state index contributed by atoms with van der Waals surface area (Å²) in [7, 11) is -2.50. The summed E-state index contributed by atoms with van der Waals surface area (Å²) in [6.07, 6.45) is 10.5. The lowest BCUT2D eigenvalue weighted by atomic mass is 9.69. The third-order valence-corrected chi connectivity index (χ3v) is 10.4. The molecule has 41 heavy (non-hydrogen) atoms. The van der Waals surface area contributed by atoms with Crippen molar-refractivity contribution in [2.45, 2.75) is 82.8 Å². The molecule has 3 aromatic heterocycles. The van der Waals surface area contributed by atoms with Crippen molar-refractivity contribution in [3.63, 3.8) is 0 Å². The fraction of sp³-hybridized carbons (Fsp3) is 0.586. The van der Waals surface area contributed by atoms with Crippen LogP contribution in [0.4, 0.5) is 5.82 Å². The van der Waals surface area contributed by atoms with Gasteiger partial charge >= 0.3 is 0 Å². The van der Waals surface area contributed by atoms with Crippen LogP contribution in [0.3, 0.4) is 0 Å². The van der Waals surface area contributed by atoms with Crippen molar-refractivity contribution in [3.8, 4) is 11.7 Å². The molecule has 4 heterocycles. The van der Waals surface area contributed by atoms with Gasteiger partial charge in [-0.2, -0.15) is 5.10 Å². The molecule has 3 aliphatic carbocycles. The van der Waals surface area contributed by atoms with Crippen molar-refractivity contribution in [2.75, 3.05) is 11.4 Å². The van der Waals surface area contributed by atoms with E-state index in [1.807, 2.05) is 12.3 Å². The molecule has 11 nitrogen and oxygen atoms in total. The highest BCUT2D eigenvalue weighted by atomic mass is 32.2. The highest BCUT2D eigenvalue weighted by molar-refractivity contribution is 7.90. The first-order valence-electron chi connectivity index (χ1n) is 14.5. The first kappa shape index (κ1) is 27.7. The summed E-state index contributed by atoms with van der Waals surface area (Å²) in [5, 5.41) is 8.78. The number of ether oxygens (including phenoxy) is 1. The lowest BCUT2D eigenvalue weighted by Crippen LogP contribution is -2.41. The number of nitrogens with one attached hydrogen (secondary N) is 1. The molecule has 0 radical (unpaired) electrons. The number of nitrogens with zero attached hydrogens (tertiary/aromatic N) is 6. The van der Waals surface area contributed by atoms with E-state index in [-0.39, 0.29) is 22.1 Å². The number of aromatic nitrogens is 5. The predicted octanol–water partition coefficient (Wildman–Crippen LogP) is 4.01. The van der Waals surface area contributed by atoms with Crippen LogP contribution in [0.25, 0.3) is 5.82 Å². The van der Waals surface area contributed by atoms with Crippen LogP contribution < -0.4 is 14.4 Å². The Hall–Kier alpha value is -3.41. The molecule has 0 spiro atoms. The number of fused-ring (bicyclic) bond motifs is 3. The molecule has 1 N–H and O–H groups in total. The van der Waals surface area contributed by atoms with Crippen molar-refractivity contribution in [2.24, 2.45) is 24.8 Å². The first-order valence-corrected chi connectivity index (χ1v) is 16.0. The zero-order valence-electron chi connectivity index (χ0n) is 24.4. The molecule has 4 fully saturated rings. The average Bonchev–Trinajstić information content (AvgIpc) is 3.60. The Balaban J connectivity index is 1.31. The zero-order chi connectivity index (χ0) is 29.1. The molecule has 1 saturated heterocycles. The lowest BCUT2D eigenvalue weighted by molar-refractivity contribution is 0.0171. The van der Waals surface area contributed by atoms with Gasteiger partial charge in [0.15, 0.2) is 5.82 Å². The molecule has 1 aliphatic heterocycles. The summed E-state index contributed by atoms with van der Waals surface area (Å²) in [4.78, 5) is 20.5. The van der Waals surface area contributed by atoms with Crippen LogP contribution in [0.1, 0.15) is 75.3 Å². The van der Waals surface area contributed by atoms with E-state index in [1.165, 1.54) is 36.6 Å². The number of anilines is 1. The van der Waals surface area contributed by atoms with E-state index in [4.69, 9.17) is 9.72 Å². The molecule has 4 aliphatic rings. The smallest absolute Gasteiger partial charge is 0.268 e. The summed E-state index contributed by atoms with van der Waals surface area (Å²) in [5.41, 5.74) is 0.217. The number of aryl methyl sites for hydroxylation is 2. The fourth-order valence-electron chi connectivity index (χ4n) is 7.10. The maximum atomic E-state index is 13.5. The van der Waals surface area contributed by atoms with E-state index < -0.39 is 15.9 Å². The van der Waals surface area contributed by atoms with E-state index in [1.54, 1.807) is 30.8 Å². The van der Waals surface area contributed by atoms with Gasteiger partial charge in [-0.3, -0.25) is 9.48 Å². The molecule has 12 heteroatoms. The largest absolute Gasteiger partial charge is 0.473 e. The maximum Gasteiger partial charge on any atom is 0.268 e. The molecule has 1 amide bonds. The summed E-state index contributed by atoms with van der Waals surface area (Å²) >= 11 is 0. The summed E-state index contributed by atoms with van der Waals surface area (Å²) in [5.74, 6) is 2.51. The number of hydrogen-bond donors (Lipinski definition) is 1. The lowest BCUT2D eigenvalue weighted by Gasteiger charge is -2.41. The number of amides is 1. The number of hydrogen-bond acceptors (Lipinski definition) is 8. The second-order valence-corrected chi connectivity index (χ2v) is 14.4. The number of rotatable bonds is 7. The van der Waals surface area contributed by atoms with E-state index in [9.17, 15) is 13.2 Å². The first-order chi connectivity index (χ1) is 19.4. The van der Waals surface area contributed by atoms with Crippen LogP contribution in [-0.2, 0) is 17.1 Å². The SMILES string of the molecule is Cc1nn(C)cc1S(=O)(=O)NC(=O)c1ccc(-n2ccc(O[C@@H]3C[C@H]4CC[C@@H]3CC4)n2)nc1N1C[C@@H](C)CC1(C)C. The van der Waals surface area contributed by atoms with E-state index in [0.29, 0.717) is 41.6 Å². The van der Waals surface area contributed by atoms with Gasteiger partial charge in [-0.15, -0.1) is 5.10 Å². The Bertz CT molecular complexity index is 1570. The van der Waals surface area contributed by atoms with Crippen LogP contribution in [0.5, 0.6) is 5.88 Å². The molecule has 3 aromatic rings. The third kappa shape index (κ3) is 5.33. The van der Waals surface area contributed by atoms with Crippen LogP contribution >= 0.6 is 0 Å². The minimum Gasteiger partial charge on any atom is -0.473 e. The maximum absolute atomic E-state index is 13.5. The quantitative estimate of drug-likeness (QED) is 0.444. The van der Waals surface area contributed by atoms with Crippen molar-refractivity contribution in [3.05, 3.63) is 41.9 Å². The molecule has 2 bridgehead atoms. The standard InChI is InChI=1S/C29H39N7O4S/c1-18-15-29(3,4)35(16-18)27-22(28(37)33-41(38,39)24-17-34(5)31-19(24)2)10-11-25(30-27)36-13-12-26(32-36)40-23-14-20-6-8-21(23)9-7-20/h10-13,17-18,20-21,23H,6-9,14-16H2,1-5H3,(H,33,37)/t18-,20-,21+,23+/m0/s1. The molecular formula is C29H39N7O4S. The Morgan fingerprint density at radius 1 is 1.12 bits per heavy atom. The van der Waals surface area contributed by atoms with Gasteiger partial charge in [0.1, 0.15) is 16.8 Å². The van der Waals surface area contributed by atoms with Gasteiger partial charge in [-0.1, -0.05) is 6.92 Å². The minimum absolute atomic E-state index is 0.0372. The van der Waals surface area contributed by atoms with Gasteiger partial charge < -0.3 is 9.64 Å². The fourth-order valence-corrected chi connectivity index (χ4v) is 8.28. The molecule has 7 rings (SSSR count). The van der Waals surface area contributed by atoms with Gasteiger partial charge in [-0.25, -0.2) is 22.8 Å². The van der Waals surface area contributed by atoms with Crippen molar-refractivity contribution in [1.29, 1.82) is 0 Å².